The molecule has 6 N–H and O–H groups in total. The third-order valence-electron chi connectivity index (χ3n) is 12.6. The smallest absolute Gasteiger partial charge is 0.437 e. The number of carbonyl (C=O) groups is 4. The van der Waals surface area contributed by atoms with Crippen LogP contribution in [-0.2, 0) is 83.9 Å². The number of halogens is 2. The van der Waals surface area contributed by atoms with Gasteiger partial charge in [0.25, 0.3) is 11.1 Å². The lowest BCUT2D eigenvalue weighted by molar-refractivity contribution is -0.166. The summed E-state index contributed by atoms with van der Waals surface area (Å²) in [6.45, 7) is 31.2. The van der Waals surface area contributed by atoms with E-state index in [0.29, 0.717) is 0 Å². The van der Waals surface area contributed by atoms with E-state index in [4.69, 9.17) is 32.5 Å². The molecule has 0 bridgehead atoms. The maximum Gasteiger partial charge on any atom is 0.480 e. The van der Waals surface area contributed by atoms with Crippen molar-refractivity contribution >= 4 is 54.9 Å². The van der Waals surface area contributed by atoms with Gasteiger partial charge >= 0.3 is 50.9 Å². The molecule has 0 saturated carbocycles. The maximum absolute atomic E-state index is 15.1. The molecular formula is C54H96BF2N5O26P3. The van der Waals surface area contributed by atoms with Crippen LogP contribution in [0.2, 0.25) is 6.82 Å². The van der Waals surface area contributed by atoms with Crippen molar-refractivity contribution in [2.75, 3.05) is 60.0 Å². The number of ether oxygens (including phenoxy) is 6. The van der Waals surface area contributed by atoms with E-state index in [9.17, 15) is 76.7 Å². The van der Waals surface area contributed by atoms with E-state index in [1.165, 1.54) is 26.6 Å². The largest absolute Gasteiger partial charge is 0.480 e. The van der Waals surface area contributed by atoms with E-state index >= 15 is 4.39 Å². The van der Waals surface area contributed by atoms with Crippen LogP contribution < -0.4 is 22.5 Å². The van der Waals surface area contributed by atoms with Gasteiger partial charge < -0.3 is 53.5 Å². The number of hydrogen-bond donors (Lipinski definition) is 6. The van der Waals surface area contributed by atoms with Gasteiger partial charge in [-0.3, -0.25) is 57.0 Å². The molecule has 4 heterocycles. The second-order valence-electron chi connectivity index (χ2n) is 23.7. The highest BCUT2D eigenvalue weighted by atomic mass is 31.2. The first kappa shape index (κ1) is 88.3. The average Bonchev–Trinajstić information content (AvgIpc) is 1.63. The molecule has 0 aliphatic carbocycles. The molecule has 2 aliphatic heterocycles. The summed E-state index contributed by atoms with van der Waals surface area (Å²) in [6, 6.07) is 2.02. The van der Waals surface area contributed by atoms with Crippen molar-refractivity contribution in [3.63, 3.8) is 0 Å². The Bertz CT molecular complexity index is 2840. The van der Waals surface area contributed by atoms with Gasteiger partial charge in [-0.15, -0.1) is 0 Å². The van der Waals surface area contributed by atoms with Crippen LogP contribution in [0.3, 0.4) is 0 Å². The van der Waals surface area contributed by atoms with E-state index in [1.54, 1.807) is 104 Å². The van der Waals surface area contributed by atoms with Gasteiger partial charge in [-0.1, -0.05) is 48.9 Å². The molecule has 2 saturated heterocycles. The number of alkyl halides is 2. The molecule has 0 spiro atoms. The molecule has 525 valence electrons. The fourth-order valence-electron chi connectivity index (χ4n) is 6.82. The number of aliphatic hydroxyl groups is 3. The van der Waals surface area contributed by atoms with Gasteiger partial charge in [0.05, 0.1) is 43.2 Å². The predicted molar refractivity (Wildman–Crippen MR) is 327 cm³/mol. The number of aromatic amines is 2. The van der Waals surface area contributed by atoms with Crippen LogP contribution in [-0.4, -0.2) is 171 Å². The third kappa shape index (κ3) is 29.2. The Morgan fingerprint density at radius 3 is 1.15 bits per heavy atom. The highest BCUT2D eigenvalue weighted by molar-refractivity contribution is 7.60. The van der Waals surface area contributed by atoms with Crippen LogP contribution in [0.15, 0.2) is 43.7 Å². The van der Waals surface area contributed by atoms with Gasteiger partial charge in [0.1, 0.15) is 23.4 Å². The Morgan fingerprint density at radius 1 is 0.615 bits per heavy atom. The molecule has 37 heteroatoms. The number of rotatable bonds is 24. The molecule has 31 nitrogen and oxygen atoms in total. The minimum Gasteiger partial charge on any atom is -0.437 e. The Balaban J connectivity index is 0. The Kier molecular flexibility index (Phi) is 38.0. The third-order valence-corrected chi connectivity index (χ3v) is 15.0. The fraction of sp³-hybridized carbons (Fsp3) is 0.778. The average molecular weight is 1370 g/mol. The van der Waals surface area contributed by atoms with Gasteiger partial charge in [-0.25, -0.2) is 45.6 Å². The van der Waals surface area contributed by atoms with Crippen LogP contribution in [0.4, 0.5) is 8.78 Å². The highest BCUT2D eigenvalue weighted by Gasteiger charge is 2.57. The number of H-pyrrole nitrogens is 2. The van der Waals surface area contributed by atoms with Crippen molar-refractivity contribution in [3.8, 4) is 0 Å². The molecule has 0 aromatic carbocycles. The zero-order valence-corrected chi connectivity index (χ0v) is 57.0. The number of aliphatic hydroxyl groups excluding tert-OH is 3. The maximum atomic E-state index is 15.1. The zero-order chi connectivity index (χ0) is 70.0. The second kappa shape index (κ2) is 39.2. The van der Waals surface area contributed by atoms with Crippen molar-refractivity contribution in [2.24, 2.45) is 21.7 Å². The van der Waals surface area contributed by atoms with Crippen molar-refractivity contribution in [3.05, 3.63) is 66.2 Å². The summed E-state index contributed by atoms with van der Waals surface area (Å²) < 4.78 is 119. The van der Waals surface area contributed by atoms with Crippen LogP contribution in [0.1, 0.15) is 150 Å². The summed E-state index contributed by atoms with van der Waals surface area (Å²) >= 11 is 0. The fourth-order valence-corrected chi connectivity index (χ4v) is 8.23. The first-order valence-corrected chi connectivity index (χ1v) is 32.1. The zero-order valence-electron chi connectivity index (χ0n) is 54.3. The lowest BCUT2D eigenvalue weighted by Gasteiger charge is -2.31. The molecule has 8 atom stereocenters. The molecule has 2 fully saturated rings. The minimum atomic E-state index is -4.68. The summed E-state index contributed by atoms with van der Waals surface area (Å²) in [5.41, 5.74) is -9.77. The molecular weight excluding hydrogens is 1280 g/mol. The molecule has 2 aromatic heterocycles. The Morgan fingerprint density at radius 2 is 0.912 bits per heavy atom. The Labute approximate surface area is 531 Å². The second-order valence-corrected chi connectivity index (χ2v) is 27.6. The van der Waals surface area contributed by atoms with E-state index < -0.39 is 172 Å². The number of phosphoric ester groups is 2. The quantitative estimate of drug-likeness (QED) is 0.0223. The van der Waals surface area contributed by atoms with Crippen molar-refractivity contribution in [2.45, 2.75) is 193 Å². The van der Waals surface area contributed by atoms with Crippen molar-refractivity contribution < 1.29 is 113 Å². The van der Waals surface area contributed by atoms with Crippen molar-refractivity contribution in [1.29, 1.82) is 0 Å². The van der Waals surface area contributed by atoms with E-state index in [1.807, 2.05) is 9.97 Å². The molecule has 0 unspecified atom stereocenters. The van der Waals surface area contributed by atoms with Gasteiger partial charge in [0.15, 0.2) is 24.8 Å². The van der Waals surface area contributed by atoms with E-state index in [-0.39, 0.29) is 28.6 Å². The number of phosphoric acid groups is 2. The first-order chi connectivity index (χ1) is 41.3. The van der Waals surface area contributed by atoms with Gasteiger partial charge in [-0.05, 0) is 116 Å². The summed E-state index contributed by atoms with van der Waals surface area (Å²) in [7, 11) is -9.02. The molecule has 2 aliphatic rings. The predicted octanol–water partition coefficient (Wildman–Crippen LogP) is 6.21. The number of esters is 4. The molecule has 91 heavy (non-hydrogen) atoms. The van der Waals surface area contributed by atoms with E-state index in [2.05, 4.69) is 44.2 Å². The summed E-state index contributed by atoms with van der Waals surface area (Å²) in [6.07, 6.45) is -8.32. The van der Waals surface area contributed by atoms with Crippen LogP contribution in [0.25, 0.3) is 0 Å². The topological polar surface area (TPSA) is 415 Å². The Hall–Kier alpha value is -4.76. The SMILES string of the molecule is C.CC(C)(C)C(=O)OCOP(=O)(O)OCOC(=O)C(C)(C)C.CCN(CC)CC.CC[C@]1(CO)O[C@@H](n2ccc(=O)[nH]c2=O)[C@H](F)[C@@H]1O.CC[C@]1(COP(=O)(OCOC(=O)C(C)(C)C)OCOC(=O)C(C)(C)C)O[C@@H](n2ccc(=O)[nH]c2=O)[C@H](F)[C@@H]1O.C[B]P=O. The lowest BCUT2D eigenvalue weighted by Crippen LogP contribution is -2.45. The van der Waals surface area contributed by atoms with Crippen LogP contribution in [0, 0.1) is 21.7 Å². The number of nitrogens with one attached hydrogen (secondary N) is 2. The highest BCUT2D eigenvalue weighted by Crippen LogP contribution is 2.52. The van der Waals surface area contributed by atoms with Gasteiger partial charge in [0, 0.05) is 24.5 Å². The number of carbonyl (C=O) groups excluding carboxylic acids is 4. The van der Waals surface area contributed by atoms with Crippen LogP contribution >= 0.6 is 24.0 Å². The molecule has 1 radical (unpaired) electrons. The van der Waals surface area contributed by atoms with E-state index in [0.717, 1.165) is 33.7 Å². The normalized spacial score (nSPS) is 21.6. The number of aromatic nitrogens is 4. The summed E-state index contributed by atoms with van der Waals surface area (Å²) in [5.74, 6) is -2.58. The lowest BCUT2D eigenvalue weighted by atomic mass is 9.94. The first-order valence-electron chi connectivity index (χ1n) is 28.2. The molecule has 0 amide bonds. The summed E-state index contributed by atoms with van der Waals surface area (Å²) in [4.78, 5) is 108. The molecule has 2 aromatic rings. The number of hydrogen-bond acceptors (Lipinski definition) is 26. The molecule has 4 rings (SSSR count). The number of nitrogens with zero attached hydrogens (tertiary/aromatic N) is 3. The summed E-state index contributed by atoms with van der Waals surface area (Å²) in [5, 5.41) is 29.8. The van der Waals surface area contributed by atoms with Gasteiger partial charge in [-0.2, -0.15) is 0 Å². The van der Waals surface area contributed by atoms with Crippen molar-refractivity contribution in [1.82, 2.24) is 24.0 Å². The van der Waals surface area contributed by atoms with Crippen LogP contribution in [0.5, 0.6) is 0 Å². The van der Waals surface area contributed by atoms with Gasteiger partial charge in [0.2, 0.25) is 34.2 Å². The monoisotopic (exact) mass is 1370 g/mol. The minimum absolute atomic E-state index is 0. The standard InChI is InChI=1S/C23H36FN2O12P.C12H23O8P.C11H15FN2O5.C6H15N.CH3BOP.CH4/c1-8-23(16(28)15(24)17(38-23)26-10-9-14(27)25-20(26)31)11-35-39(32,36-12-33-18(29)21(2,3)4)37-13-34-19(30)22(5,6)7;1-11(2,3)9(13)17-7-19-21(15,16)20-8-18-10(14)12(4,5)6;1-2-11(5-15)8(17)7(12)9(19-11)14-4-3-6(16)13-10(14)18;1-4-7(5-2)6-3;1-2-4-3;/h9-10,15-17,28H,8,11-13H2,1-7H3,(H,25,27,31);7-8H2,1-6H3,(H,15,16);3-4,7-9,15,17H,2,5H2,1H3,(H,13,16,18);4-6H2,1-3H3;1H3;1H4/t15-,16+,17-,23-;;7-,8+,9-,11-;;;/m1.1.../s1.